The van der Waals surface area contributed by atoms with Gasteiger partial charge in [-0.3, -0.25) is 0 Å². The lowest BCUT2D eigenvalue weighted by Gasteiger charge is -2.08. The van der Waals surface area contributed by atoms with Crippen molar-refractivity contribution in [2.45, 2.75) is 17.6 Å². The molecule has 0 saturated carbocycles. The van der Waals surface area contributed by atoms with E-state index < -0.39 is 15.8 Å². The van der Waals surface area contributed by atoms with Crippen molar-refractivity contribution in [3.05, 3.63) is 65.2 Å². The van der Waals surface area contributed by atoms with Gasteiger partial charge in [0.25, 0.3) is 0 Å². The Labute approximate surface area is 124 Å². The number of hydrogen-bond donors (Lipinski definition) is 0. The molecule has 0 unspecified atom stereocenters. The predicted molar refractivity (Wildman–Crippen MR) is 79.9 cm³/mol. The number of ether oxygens (including phenoxy) is 1. The second-order valence-corrected chi connectivity index (χ2v) is 6.67. The van der Waals surface area contributed by atoms with Crippen LogP contribution in [0.25, 0.3) is 0 Å². The monoisotopic (exact) mass is 304 g/mol. The maximum Gasteiger partial charge on any atom is 0.337 e. The Hall–Kier alpha value is -2.14. The van der Waals surface area contributed by atoms with Crippen molar-refractivity contribution in [3.63, 3.8) is 0 Å². The van der Waals surface area contributed by atoms with E-state index >= 15 is 0 Å². The minimum atomic E-state index is -3.40. The minimum Gasteiger partial charge on any atom is -0.465 e. The molecular weight excluding hydrogens is 288 g/mol. The summed E-state index contributed by atoms with van der Waals surface area (Å²) >= 11 is 0. The normalized spacial score (nSPS) is 11.1. The van der Waals surface area contributed by atoms with E-state index in [0.717, 1.165) is 5.56 Å². The number of rotatable bonds is 4. The molecule has 21 heavy (non-hydrogen) atoms. The van der Waals surface area contributed by atoms with Crippen molar-refractivity contribution in [3.8, 4) is 0 Å². The molecule has 0 bridgehead atoms. The molecule has 0 fully saturated rings. The Bertz CT molecular complexity index is 746. The second-order valence-electron chi connectivity index (χ2n) is 4.71. The third-order valence-corrected chi connectivity index (χ3v) is 5.00. The average molecular weight is 304 g/mol. The largest absolute Gasteiger partial charge is 0.465 e. The number of carbonyl (C=O) groups is 1. The maximum absolute atomic E-state index is 12.4. The lowest BCUT2D eigenvalue weighted by Crippen LogP contribution is -2.07. The topological polar surface area (TPSA) is 60.4 Å². The smallest absolute Gasteiger partial charge is 0.337 e. The Morgan fingerprint density at radius 1 is 1.05 bits per heavy atom. The Morgan fingerprint density at radius 3 is 2.24 bits per heavy atom. The van der Waals surface area contributed by atoms with E-state index in [9.17, 15) is 13.2 Å². The van der Waals surface area contributed by atoms with Crippen LogP contribution < -0.4 is 0 Å². The Morgan fingerprint density at radius 2 is 1.67 bits per heavy atom. The molecule has 0 atom stereocenters. The third-order valence-electron chi connectivity index (χ3n) is 3.16. The highest BCUT2D eigenvalue weighted by atomic mass is 32.2. The third kappa shape index (κ3) is 3.49. The van der Waals surface area contributed by atoms with Gasteiger partial charge in [-0.1, -0.05) is 30.3 Å². The van der Waals surface area contributed by atoms with Gasteiger partial charge in [-0.25, -0.2) is 13.2 Å². The summed E-state index contributed by atoms with van der Waals surface area (Å²) < 4.78 is 29.4. The van der Waals surface area contributed by atoms with E-state index in [2.05, 4.69) is 4.74 Å². The molecule has 2 aromatic rings. The summed E-state index contributed by atoms with van der Waals surface area (Å²) in [7, 11) is -2.09. The Kier molecular flexibility index (Phi) is 4.43. The van der Waals surface area contributed by atoms with Crippen LogP contribution in [0, 0.1) is 6.92 Å². The number of hydrogen-bond acceptors (Lipinski definition) is 4. The van der Waals surface area contributed by atoms with Gasteiger partial charge in [-0.15, -0.1) is 0 Å². The van der Waals surface area contributed by atoms with Gasteiger partial charge in [0.05, 0.1) is 23.3 Å². The van der Waals surface area contributed by atoms with E-state index in [1.807, 2.05) is 0 Å². The first kappa shape index (κ1) is 15.3. The quantitative estimate of drug-likeness (QED) is 0.815. The first-order valence-corrected chi connectivity index (χ1v) is 8.05. The molecule has 2 rings (SSSR count). The molecule has 5 heteroatoms. The number of aryl methyl sites for hydroxylation is 1. The number of benzene rings is 2. The fourth-order valence-corrected chi connectivity index (χ4v) is 3.69. The van der Waals surface area contributed by atoms with Crippen LogP contribution in [0.3, 0.4) is 0 Å². The number of carbonyl (C=O) groups excluding carboxylic acids is 1. The first-order valence-electron chi connectivity index (χ1n) is 6.39. The van der Waals surface area contributed by atoms with E-state index in [-0.39, 0.29) is 5.75 Å². The van der Waals surface area contributed by atoms with Crippen LogP contribution in [0.4, 0.5) is 0 Å². The maximum atomic E-state index is 12.4. The number of methoxy groups -OCH3 is 1. The second kappa shape index (κ2) is 6.10. The summed E-state index contributed by atoms with van der Waals surface area (Å²) in [6, 6.07) is 13.3. The van der Waals surface area contributed by atoms with Crippen LogP contribution in [0.1, 0.15) is 21.5 Å². The molecular formula is C16H16O4S. The average Bonchev–Trinajstić information content (AvgIpc) is 2.47. The first-order chi connectivity index (χ1) is 9.94. The highest BCUT2D eigenvalue weighted by molar-refractivity contribution is 7.90. The molecule has 2 aromatic carbocycles. The van der Waals surface area contributed by atoms with Gasteiger partial charge in [0, 0.05) is 0 Å². The van der Waals surface area contributed by atoms with E-state index in [0.29, 0.717) is 16.0 Å². The zero-order valence-corrected chi connectivity index (χ0v) is 12.7. The van der Waals surface area contributed by atoms with Crippen molar-refractivity contribution in [1.82, 2.24) is 0 Å². The molecule has 0 heterocycles. The van der Waals surface area contributed by atoms with Gasteiger partial charge in [0.15, 0.2) is 9.84 Å². The SMILES string of the molecule is COC(=O)c1ccc(CS(=O)(=O)c2ccccc2C)cc1. The molecule has 0 spiro atoms. The van der Waals surface area contributed by atoms with Crippen LogP contribution >= 0.6 is 0 Å². The molecule has 0 aliphatic heterocycles. The summed E-state index contributed by atoms with van der Waals surface area (Å²) in [5.74, 6) is -0.539. The molecule has 0 N–H and O–H groups in total. The highest BCUT2D eigenvalue weighted by Crippen LogP contribution is 2.20. The fourth-order valence-electron chi connectivity index (χ4n) is 2.06. The van der Waals surface area contributed by atoms with Gasteiger partial charge >= 0.3 is 5.97 Å². The van der Waals surface area contributed by atoms with Crippen LogP contribution in [-0.2, 0) is 20.3 Å². The lowest BCUT2D eigenvalue weighted by atomic mass is 10.1. The zero-order valence-electron chi connectivity index (χ0n) is 11.9. The number of esters is 1. The van der Waals surface area contributed by atoms with Crippen molar-refractivity contribution in [2.75, 3.05) is 7.11 Å². The molecule has 0 aliphatic carbocycles. The predicted octanol–water partition coefficient (Wildman–Crippen LogP) is 2.76. The van der Waals surface area contributed by atoms with Crippen molar-refractivity contribution in [2.24, 2.45) is 0 Å². The van der Waals surface area contributed by atoms with Gasteiger partial charge in [0.2, 0.25) is 0 Å². The molecule has 0 aliphatic rings. The molecule has 0 radical (unpaired) electrons. The van der Waals surface area contributed by atoms with Gasteiger partial charge in [-0.05, 0) is 36.2 Å². The molecule has 0 amide bonds. The van der Waals surface area contributed by atoms with E-state index in [4.69, 9.17) is 0 Å². The summed E-state index contributed by atoms with van der Waals surface area (Å²) in [6.07, 6.45) is 0. The van der Waals surface area contributed by atoms with Gasteiger partial charge in [-0.2, -0.15) is 0 Å². The van der Waals surface area contributed by atoms with Crippen molar-refractivity contribution in [1.29, 1.82) is 0 Å². The van der Waals surface area contributed by atoms with Gasteiger partial charge < -0.3 is 4.74 Å². The van der Waals surface area contributed by atoms with E-state index in [1.54, 1.807) is 55.5 Å². The van der Waals surface area contributed by atoms with E-state index in [1.165, 1.54) is 7.11 Å². The molecule has 0 saturated heterocycles. The van der Waals surface area contributed by atoms with Crippen LogP contribution in [-0.4, -0.2) is 21.5 Å². The summed E-state index contributed by atoms with van der Waals surface area (Å²) in [5, 5.41) is 0. The van der Waals surface area contributed by atoms with Crippen LogP contribution in [0.2, 0.25) is 0 Å². The van der Waals surface area contributed by atoms with Crippen LogP contribution in [0.5, 0.6) is 0 Å². The number of sulfone groups is 1. The summed E-state index contributed by atoms with van der Waals surface area (Å²) in [6.45, 7) is 1.77. The highest BCUT2D eigenvalue weighted by Gasteiger charge is 2.17. The molecule has 4 nitrogen and oxygen atoms in total. The van der Waals surface area contributed by atoms with Crippen molar-refractivity contribution >= 4 is 15.8 Å². The van der Waals surface area contributed by atoms with Gasteiger partial charge in [0.1, 0.15) is 0 Å². The van der Waals surface area contributed by atoms with Crippen molar-refractivity contribution < 1.29 is 17.9 Å². The van der Waals surface area contributed by atoms with Crippen LogP contribution in [0.15, 0.2) is 53.4 Å². The minimum absolute atomic E-state index is 0.0979. The lowest BCUT2D eigenvalue weighted by molar-refractivity contribution is 0.0600. The summed E-state index contributed by atoms with van der Waals surface area (Å²) in [4.78, 5) is 11.7. The molecule has 0 aromatic heterocycles. The standard InChI is InChI=1S/C16H16O4S/c1-12-5-3-4-6-15(12)21(18,19)11-13-7-9-14(10-8-13)16(17)20-2/h3-10H,11H2,1-2H3. The Balaban J connectivity index is 2.25. The zero-order chi connectivity index (χ0) is 15.5. The molecule has 110 valence electrons. The summed E-state index contributed by atoms with van der Waals surface area (Å²) in [5.41, 5.74) is 1.75. The fraction of sp³-hybridized carbons (Fsp3) is 0.188.